The average molecular weight is 679 g/mol. The van der Waals surface area contributed by atoms with Crippen LogP contribution in [0.25, 0.3) is 55.0 Å². The van der Waals surface area contributed by atoms with Gasteiger partial charge in [-0.3, -0.25) is 4.99 Å². The maximum Gasteiger partial charge on any atom is 0.155 e. The predicted octanol–water partition coefficient (Wildman–Crippen LogP) is 13.1. The normalized spacial score (nSPS) is 16.5. The van der Waals surface area contributed by atoms with Gasteiger partial charge in [0.05, 0.1) is 16.8 Å². The van der Waals surface area contributed by atoms with Crippen LogP contribution in [0.2, 0.25) is 5.02 Å². The fraction of sp³-hybridized carbons (Fsp3) is 0.106. The predicted molar refractivity (Wildman–Crippen MR) is 214 cm³/mol. The highest BCUT2D eigenvalue weighted by Crippen LogP contribution is 2.40. The fourth-order valence-corrected chi connectivity index (χ4v) is 7.75. The monoisotopic (exact) mass is 678 g/mol. The van der Waals surface area contributed by atoms with Crippen LogP contribution in [0.4, 0.5) is 0 Å². The minimum Gasteiger partial charge on any atom is -0.454 e. The maximum atomic E-state index is 7.03. The first-order chi connectivity index (χ1) is 25.1. The van der Waals surface area contributed by atoms with Gasteiger partial charge in [-0.1, -0.05) is 152 Å². The zero-order valence-corrected chi connectivity index (χ0v) is 29.0. The van der Waals surface area contributed by atoms with Crippen molar-refractivity contribution in [2.24, 2.45) is 15.9 Å². The van der Waals surface area contributed by atoms with Gasteiger partial charge in [0.1, 0.15) is 5.58 Å². The van der Waals surface area contributed by atoms with E-state index in [0.29, 0.717) is 10.6 Å². The molecule has 0 saturated carbocycles. The van der Waals surface area contributed by atoms with Crippen molar-refractivity contribution in [3.63, 3.8) is 0 Å². The summed E-state index contributed by atoms with van der Waals surface area (Å²) in [5, 5.41) is 4.98. The number of fused-ring (bicyclic) bond motifs is 5. The third-order valence-electron chi connectivity index (χ3n) is 10.2. The summed E-state index contributed by atoms with van der Waals surface area (Å²) in [5.41, 5.74) is 10.4. The van der Waals surface area contributed by atoms with E-state index in [9.17, 15) is 0 Å². The summed E-state index contributed by atoms with van der Waals surface area (Å²) >= 11 is 7.03. The Morgan fingerprint density at radius 1 is 0.588 bits per heavy atom. The van der Waals surface area contributed by atoms with Crippen molar-refractivity contribution in [1.82, 2.24) is 0 Å². The van der Waals surface area contributed by atoms with Crippen molar-refractivity contribution in [3.8, 4) is 22.3 Å². The quantitative estimate of drug-likeness (QED) is 0.178. The summed E-state index contributed by atoms with van der Waals surface area (Å²) < 4.78 is 6.35. The van der Waals surface area contributed by atoms with Gasteiger partial charge in [0.15, 0.2) is 11.4 Å². The number of hydrogen-bond donors (Lipinski definition) is 0. The summed E-state index contributed by atoms with van der Waals surface area (Å²) in [6.45, 7) is 2.31. The van der Waals surface area contributed by atoms with Crippen LogP contribution in [0.5, 0.6) is 0 Å². The van der Waals surface area contributed by atoms with Crippen molar-refractivity contribution in [2.75, 3.05) is 0 Å². The lowest BCUT2D eigenvalue weighted by molar-refractivity contribution is 0.446. The first-order valence-corrected chi connectivity index (χ1v) is 18.0. The fourth-order valence-electron chi connectivity index (χ4n) is 7.49. The standard InChI is InChI=1S/C47H35ClN2O/c1-30-19-25-42(38-28-40-44-39-18-9-8-15-34(39)24-26-43(44)51-46(40)41(48)29-38)49-47(37-17-10-16-36(27-37)32-13-6-3-7-14-32)50-45(30)35-22-20-33(21-23-35)31-11-4-2-5-12-31/h2-18,20-24,26-30,45H,19,25H2,1H3. The summed E-state index contributed by atoms with van der Waals surface area (Å²) in [4.78, 5) is 11.0. The molecule has 51 heavy (non-hydrogen) atoms. The van der Waals surface area contributed by atoms with Crippen LogP contribution in [0.3, 0.4) is 0 Å². The number of aliphatic imine (C=N–C) groups is 2. The second-order valence-corrected chi connectivity index (χ2v) is 13.9. The van der Waals surface area contributed by atoms with Crippen molar-refractivity contribution >= 4 is 55.9 Å². The van der Waals surface area contributed by atoms with Crippen molar-refractivity contribution in [2.45, 2.75) is 25.8 Å². The minimum absolute atomic E-state index is 0.0502. The highest BCUT2D eigenvalue weighted by Gasteiger charge is 2.25. The molecule has 7 aromatic carbocycles. The topological polar surface area (TPSA) is 37.9 Å². The van der Waals surface area contributed by atoms with Gasteiger partial charge in [0.25, 0.3) is 0 Å². The highest BCUT2D eigenvalue weighted by molar-refractivity contribution is 6.37. The largest absolute Gasteiger partial charge is 0.454 e. The lowest BCUT2D eigenvalue weighted by Gasteiger charge is -2.25. The van der Waals surface area contributed by atoms with E-state index < -0.39 is 0 Å². The molecule has 0 spiro atoms. The van der Waals surface area contributed by atoms with Crippen molar-refractivity contribution in [1.29, 1.82) is 0 Å². The summed E-state index contributed by atoms with van der Waals surface area (Å²) in [7, 11) is 0. The number of amidine groups is 1. The molecule has 1 aromatic heterocycles. The number of rotatable bonds is 5. The number of furan rings is 1. The van der Waals surface area contributed by atoms with Gasteiger partial charge in [0, 0.05) is 16.3 Å². The van der Waals surface area contributed by atoms with Gasteiger partial charge in [0.2, 0.25) is 0 Å². The lowest BCUT2D eigenvalue weighted by Crippen LogP contribution is -2.18. The zero-order chi connectivity index (χ0) is 34.3. The molecular weight excluding hydrogens is 644 g/mol. The molecule has 9 rings (SSSR count). The summed E-state index contributed by atoms with van der Waals surface area (Å²) in [6.07, 6.45) is 1.71. The Hall–Kier alpha value is -5.77. The first-order valence-electron chi connectivity index (χ1n) is 17.6. The number of benzene rings is 7. The van der Waals surface area contributed by atoms with Crippen LogP contribution in [0.1, 0.15) is 42.5 Å². The first kappa shape index (κ1) is 31.2. The van der Waals surface area contributed by atoms with E-state index in [-0.39, 0.29) is 12.0 Å². The van der Waals surface area contributed by atoms with E-state index >= 15 is 0 Å². The molecule has 0 radical (unpaired) electrons. The highest BCUT2D eigenvalue weighted by atomic mass is 35.5. The molecule has 4 heteroatoms. The van der Waals surface area contributed by atoms with Crippen LogP contribution in [-0.4, -0.2) is 11.5 Å². The molecule has 0 N–H and O–H groups in total. The molecule has 8 aromatic rings. The van der Waals surface area contributed by atoms with Gasteiger partial charge in [-0.05, 0) is 87.2 Å². The Balaban J connectivity index is 1.20. The number of hydrogen-bond acceptors (Lipinski definition) is 3. The molecule has 1 aliphatic heterocycles. The Labute approximate surface area is 302 Å². The molecule has 2 heterocycles. The Bertz CT molecular complexity index is 2600. The third kappa shape index (κ3) is 5.94. The third-order valence-corrected chi connectivity index (χ3v) is 10.5. The van der Waals surface area contributed by atoms with E-state index in [0.717, 1.165) is 68.4 Å². The van der Waals surface area contributed by atoms with E-state index in [1.807, 2.05) is 18.2 Å². The Morgan fingerprint density at radius 3 is 2.04 bits per heavy atom. The SMILES string of the molecule is CC1CCC(c2cc(Cl)c3oc4ccc5ccccc5c4c3c2)=NC(c2cccc(-c3ccccc3)c2)=NC1c1ccc(-c2ccccc2)cc1. The Morgan fingerprint density at radius 2 is 1.25 bits per heavy atom. The molecule has 1 aliphatic rings. The second kappa shape index (κ2) is 13.2. The molecule has 2 atom stereocenters. The molecule has 0 amide bonds. The molecular formula is C47H35ClN2O. The molecule has 246 valence electrons. The average Bonchev–Trinajstić information content (AvgIpc) is 3.57. The molecule has 0 fully saturated rings. The van der Waals surface area contributed by atoms with Crippen LogP contribution in [0, 0.1) is 5.92 Å². The van der Waals surface area contributed by atoms with Crippen molar-refractivity contribution < 1.29 is 4.42 Å². The second-order valence-electron chi connectivity index (χ2n) is 13.5. The summed E-state index contributed by atoms with van der Waals surface area (Å²) in [5.74, 6) is 0.994. The van der Waals surface area contributed by atoms with E-state index in [4.69, 9.17) is 26.0 Å². The van der Waals surface area contributed by atoms with Crippen LogP contribution in [-0.2, 0) is 0 Å². The smallest absolute Gasteiger partial charge is 0.155 e. The number of halogens is 1. The Kier molecular flexibility index (Phi) is 8.06. The number of nitrogens with zero attached hydrogens (tertiary/aromatic N) is 2. The van der Waals surface area contributed by atoms with E-state index in [1.165, 1.54) is 22.1 Å². The zero-order valence-electron chi connectivity index (χ0n) is 28.3. The lowest BCUT2D eigenvalue weighted by atomic mass is 9.87. The summed E-state index contributed by atoms with van der Waals surface area (Å²) in [6, 6.07) is 55.2. The minimum atomic E-state index is -0.0502. The maximum absolute atomic E-state index is 7.03. The molecule has 0 bridgehead atoms. The molecule has 2 unspecified atom stereocenters. The molecule has 0 saturated heterocycles. The van der Waals surface area contributed by atoms with Gasteiger partial charge < -0.3 is 4.42 Å². The van der Waals surface area contributed by atoms with Gasteiger partial charge >= 0.3 is 0 Å². The molecule has 0 aliphatic carbocycles. The van der Waals surface area contributed by atoms with E-state index in [2.05, 4.69) is 146 Å². The van der Waals surface area contributed by atoms with Crippen molar-refractivity contribution in [3.05, 3.63) is 179 Å². The van der Waals surface area contributed by atoms with Gasteiger partial charge in [-0.2, -0.15) is 0 Å². The van der Waals surface area contributed by atoms with Gasteiger partial charge in [-0.15, -0.1) is 0 Å². The van der Waals surface area contributed by atoms with Crippen LogP contribution < -0.4 is 0 Å². The van der Waals surface area contributed by atoms with Gasteiger partial charge in [-0.25, -0.2) is 4.99 Å². The van der Waals surface area contributed by atoms with Crippen LogP contribution in [0.15, 0.2) is 172 Å². The van der Waals surface area contributed by atoms with E-state index in [1.54, 1.807) is 0 Å². The van der Waals surface area contributed by atoms with Crippen LogP contribution >= 0.6 is 11.6 Å². The molecule has 3 nitrogen and oxygen atoms in total.